The van der Waals surface area contributed by atoms with Crippen LogP contribution in [-0.2, 0) is 36.8 Å². The van der Waals surface area contributed by atoms with Crippen molar-refractivity contribution >= 4 is 35.3 Å². The summed E-state index contributed by atoms with van der Waals surface area (Å²) in [6.45, 7) is 4.52. The Morgan fingerprint density at radius 1 is 0.771 bits per heavy atom. The molecule has 0 spiro atoms. The van der Waals surface area contributed by atoms with Crippen molar-refractivity contribution in [3.63, 3.8) is 0 Å². The number of carbonyl (C=O) groups excluding carboxylic acids is 6. The lowest BCUT2D eigenvalue weighted by atomic mass is 9.81. The van der Waals surface area contributed by atoms with Gasteiger partial charge in [-0.2, -0.15) is 0 Å². The van der Waals surface area contributed by atoms with Gasteiger partial charge in [0.05, 0.1) is 6.04 Å². The average molecular weight is 660 g/mol. The van der Waals surface area contributed by atoms with E-state index in [1.807, 2.05) is 24.3 Å². The first-order valence-electron chi connectivity index (χ1n) is 18.1. The summed E-state index contributed by atoms with van der Waals surface area (Å²) in [6.07, 6.45) is 9.33. The number of carbonyl (C=O) groups is 6. The van der Waals surface area contributed by atoms with Gasteiger partial charge >= 0.3 is 6.03 Å². The molecule has 6 atom stereocenters. The minimum absolute atomic E-state index is 0.00107. The second-order valence-corrected chi connectivity index (χ2v) is 16.0. The van der Waals surface area contributed by atoms with Crippen LogP contribution in [0.5, 0.6) is 0 Å². The average Bonchev–Trinajstić information content (AvgIpc) is 4.04. The summed E-state index contributed by atoms with van der Waals surface area (Å²) in [5, 5.41) is 8.87. The van der Waals surface area contributed by atoms with Gasteiger partial charge in [-0.1, -0.05) is 57.4 Å². The minimum Gasteiger partial charge on any atom is -0.363 e. The number of nitrogens with zero attached hydrogens (tertiary/aromatic N) is 1. The van der Waals surface area contributed by atoms with Crippen LogP contribution in [0.1, 0.15) is 82.8 Å². The Morgan fingerprint density at radius 3 is 1.96 bits per heavy atom. The summed E-state index contributed by atoms with van der Waals surface area (Å²) < 4.78 is 0. The van der Waals surface area contributed by atoms with E-state index in [4.69, 9.17) is 5.73 Å². The van der Waals surface area contributed by atoms with E-state index in [9.17, 15) is 28.8 Å². The molecular weight excluding hydrogens is 610 g/mol. The number of Topliss-reactive ketones (excluding diaryl/α,β-unsaturated/α-hetero) is 2. The van der Waals surface area contributed by atoms with Crippen molar-refractivity contribution in [3.05, 3.63) is 35.4 Å². The molecule has 5 N–H and O–H groups in total. The van der Waals surface area contributed by atoms with E-state index >= 15 is 0 Å². The van der Waals surface area contributed by atoms with E-state index in [0.717, 1.165) is 56.1 Å². The van der Waals surface area contributed by atoms with Crippen LogP contribution in [0.2, 0.25) is 0 Å². The van der Waals surface area contributed by atoms with Crippen LogP contribution in [0.15, 0.2) is 24.3 Å². The number of piperidine rings is 1. The van der Waals surface area contributed by atoms with E-state index in [-0.39, 0.29) is 52.6 Å². The Kier molecular flexibility index (Phi) is 8.60. The number of amides is 5. The maximum absolute atomic E-state index is 14.7. The quantitative estimate of drug-likeness (QED) is 0.252. The first kappa shape index (κ1) is 32.8. The number of hydrogen-bond donors (Lipinski definition) is 4. The summed E-state index contributed by atoms with van der Waals surface area (Å²) in [5.74, 6) is -2.92. The molecule has 7 rings (SSSR count). The molecule has 1 heterocycles. The largest absolute Gasteiger partial charge is 0.363 e. The summed E-state index contributed by atoms with van der Waals surface area (Å²) in [7, 11) is 0. The van der Waals surface area contributed by atoms with Gasteiger partial charge in [0.2, 0.25) is 17.6 Å². The molecule has 11 heteroatoms. The SMILES string of the molecule is CC1(C)[C@@H]2[C@@H](C(=O)NC(C(=O)C(N)=O)C3CC3)N(C(=O)[C@@H](NC(=O)N[C@H](C(=O)C3CC3)C3CCCCC3)C3Cc4ccccc4C3)C[C@@H]21. The van der Waals surface area contributed by atoms with E-state index in [0.29, 0.717) is 32.2 Å². The van der Waals surface area contributed by atoms with Gasteiger partial charge in [-0.05, 0) is 97.5 Å². The molecule has 4 saturated carbocycles. The van der Waals surface area contributed by atoms with Gasteiger partial charge in [-0.3, -0.25) is 24.0 Å². The molecule has 258 valence electrons. The Bertz CT molecular complexity index is 1490. The number of hydrogen-bond acceptors (Lipinski definition) is 6. The highest BCUT2D eigenvalue weighted by atomic mass is 16.2. The summed E-state index contributed by atoms with van der Waals surface area (Å²) in [4.78, 5) is 82.1. The maximum Gasteiger partial charge on any atom is 0.316 e. The van der Waals surface area contributed by atoms with Crippen molar-refractivity contribution < 1.29 is 28.8 Å². The lowest BCUT2D eigenvalue weighted by molar-refractivity contribution is -0.144. The first-order chi connectivity index (χ1) is 23.0. The van der Waals surface area contributed by atoms with Crippen LogP contribution in [0.25, 0.3) is 0 Å². The maximum atomic E-state index is 14.7. The van der Waals surface area contributed by atoms with E-state index in [1.54, 1.807) is 4.90 Å². The molecule has 0 bridgehead atoms. The number of nitrogens with two attached hydrogens (primary N) is 1. The Hall–Kier alpha value is -3.76. The standard InChI is InChI=1S/C37H49N5O6/c1-37(2)25-18-42(30(26(25)37)34(46)39-28(20-12-13-20)32(44)33(38)45)35(47)29(24-16-22-10-6-7-11-23(22)17-24)41-36(48)40-27(31(43)21-14-15-21)19-8-4-3-5-9-19/h6-7,10-11,19-21,24-30H,3-5,8-9,12-18H2,1-2H3,(H2,38,45)(H,39,46)(H2,40,41,48)/t25-,26-,27-,28?,29-,30-/m0/s1. The van der Waals surface area contributed by atoms with Crippen molar-refractivity contribution in [1.29, 1.82) is 0 Å². The summed E-state index contributed by atoms with van der Waals surface area (Å²) in [5.41, 5.74) is 7.40. The van der Waals surface area contributed by atoms with E-state index in [1.165, 1.54) is 0 Å². The topological polar surface area (TPSA) is 168 Å². The van der Waals surface area contributed by atoms with Gasteiger partial charge in [0, 0.05) is 12.5 Å². The monoisotopic (exact) mass is 659 g/mol. The second kappa shape index (κ2) is 12.6. The van der Waals surface area contributed by atoms with Crippen molar-refractivity contribution in [2.75, 3.05) is 6.54 Å². The lowest BCUT2D eigenvalue weighted by Crippen LogP contribution is -2.61. The van der Waals surface area contributed by atoms with Gasteiger partial charge in [0.1, 0.15) is 18.1 Å². The molecule has 1 saturated heterocycles. The highest BCUT2D eigenvalue weighted by molar-refractivity contribution is 6.38. The van der Waals surface area contributed by atoms with Crippen LogP contribution < -0.4 is 21.7 Å². The molecule has 0 aromatic heterocycles. The molecule has 5 amide bonds. The highest BCUT2D eigenvalue weighted by Crippen LogP contribution is 2.65. The number of benzene rings is 1. The molecule has 48 heavy (non-hydrogen) atoms. The third-order valence-corrected chi connectivity index (χ3v) is 12.5. The minimum atomic E-state index is -1.08. The number of nitrogens with one attached hydrogen (secondary N) is 3. The molecule has 1 aromatic carbocycles. The van der Waals surface area contributed by atoms with Gasteiger partial charge in [0.25, 0.3) is 5.91 Å². The molecular formula is C37H49N5O6. The van der Waals surface area contributed by atoms with Gasteiger partial charge < -0.3 is 26.6 Å². The first-order valence-corrected chi connectivity index (χ1v) is 18.1. The fraction of sp³-hybridized carbons (Fsp3) is 0.676. The van der Waals surface area contributed by atoms with Gasteiger partial charge in [-0.25, -0.2) is 4.79 Å². The third kappa shape index (κ3) is 6.25. The van der Waals surface area contributed by atoms with Crippen LogP contribution in [0, 0.1) is 40.9 Å². The lowest BCUT2D eigenvalue weighted by Gasteiger charge is -2.36. The van der Waals surface area contributed by atoms with E-state index < -0.39 is 47.8 Å². The normalized spacial score (nSPS) is 28.0. The molecule has 1 unspecified atom stereocenters. The number of fused-ring (bicyclic) bond motifs is 2. The molecule has 5 fully saturated rings. The van der Waals surface area contributed by atoms with Crippen molar-refractivity contribution in [2.45, 2.75) is 109 Å². The van der Waals surface area contributed by atoms with Crippen molar-refractivity contribution in [2.24, 2.45) is 46.7 Å². The van der Waals surface area contributed by atoms with Crippen LogP contribution in [0.3, 0.4) is 0 Å². The predicted molar refractivity (Wildman–Crippen MR) is 176 cm³/mol. The number of likely N-dealkylation sites (tertiary alicyclic amines) is 1. The number of urea groups is 1. The molecule has 11 nitrogen and oxygen atoms in total. The van der Waals surface area contributed by atoms with Crippen molar-refractivity contribution in [1.82, 2.24) is 20.9 Å². The number of rotatable bonds is 12. The zero-order chi connectivity index (χ0) is 33.9. The smallest absolute Gasteiger partial charge is 0.316 e. The van der Waals surface area contributed by atoms with Crippen LogP contribution >= 0.6 is 0 Å². The van der Waals surface area contributed by atoms with Gasteiger partial charge in [-0.15, -0.1) is 0 Å². The fourth-order valence-electron chi connectivity index (χ4n) is 9.26. The molecule has 5 aliphatic carbocycles. The van der Waals surface area contributed by atoms with Gasteiger partial charge in [0.15, 0.2) is 5.78 Å². The molecule has 0 radical (unpaired) electrons. The Balaban J connectivity index is 1.13. The second-order valence-electron chi connectivity index (χ2n) is 16.0. The molecule has 1 aromatic rings. The number of primary amides is 1. The summed E-state index contributed by atoms with van der Waals surface area (Å²) in [6, 6.07) is 4.15. The fourth-order valence-corrected chi connectivity index (χ4v) is 9.26. The Morgan fingerprint density at radius 2 is 1.38 bits per heavy atom. The third-order valence-electron chi connectivity index (χ3n) is 12.5. The summed E-state index contributed by atoms with van der Waals surface area (Å²) >= 11 is 0. The van der Waals surface area contributed by atoms with Crippen molar-refractivity contribution in [3.8, 4) is 0 Å². The van der Waals surface area contributed by atoms with E-state index in [2.05, 4.69) is 29.8 Å². The molecule has 1 aliphatic heterocycles. The Labute approximate surface area is 281 Å². The molecule has 6 aliphatic rings. The highest BCUT2D eigenvalue weighted by Gasteiger charge is 2.70. The number of ketones is 2. The van der Waals surface area contributed by atoms with Crippen LogP contribution in [0.4, 0.5) is 4.79 Å². The zero-order valence-corrected chi connectivity index (χ0v) is 28.0. The van der Waals surface area contributed by atoms with Crippen LogP contribution in [-0.4, -0.2) is 70.9 Å². The predicted octanol–water partition coefficient (Wildman–Crippen LogP) is 2.43. The zero-order valence-electron chi connectivity index (χ0n) is 28.0.